The molecule has 1 aliphatic heterocycles. The second-order valence-corrected chi connectivity index (χ2v) is 14.0. The van der Waals surface area contributed by atoms with Gasteiger partial charge in [-0.05, 0) is 49.3 Å². The van der Waals surface area contributed by atoms with E-state index in [0.29, 0.717) is 35.7 Å². The van der Waals surface area contributed by atoms with Crippen LogP contribution >= 0.6 is 11.6 Å². The number of halogens is 1. The number of carbonyl (C=O) groups excluding carboxylic acids is 1. The van der Waals surface area contributed by atoms with Crippen molar-refractivity contribution in [3.63, 3.8) is 0 Å². The summed E-state index contributed by atoms with van der Waals surface area (Å²) in [6, 6.07) is 11.8. The number of aromatic nitrogens is 3. The highest BCUT2D eigenvalue weighted by Crippen LogP contribution is 2.42. The number of carbonyl (C=O) groups is 1. The van der Waals surface area contributed by atoms with Crippen molar-refractivity contribution < 1.29 is 17.6 Å². The Balaban J connectivity index is 1.57. The topological polar surface area (TPSA) is 125 Å². The van der Waals surface area contributed by atoms with Crippen LogP contribution in [0.15, 0.2) is 40.8 Å². The van der Waals surface area contributed by atoms with Gasteiger partial charge in [0.1, 0.15) is 5.82 Å². The summed E-state index contributed by atoms with van der Waals surface area (Å²) in [7, 11) is 1.08. The highest BCUT2D eigenvalue weighted by atomic mass is 35.5. The van der Waals surface area contributed by atoms with Crippen LogP contribution in [0.25, 0.3) is 11.5 Å². The molecule has 0 radical (unpaired) electrons. The van der Waals surface area contributed by atoms with Gasteiger partial charge < -0.3 is 19.5 Å². The number of piperidine rings is 1. The van der Waals surface area contributed by atoms with Gasteiger partial charge in [0.15, 0.2) is 5.82 Å². The average Bonchev–Trinajstić information content (AvgIpc) is 3.44. The van der Waals surface area contributed by atoms with Crippen LogP contribution in [-0.2, 0) is 14.8 Å². The molecule has 11 nitrogen and oxygen atoms in total. The molecule has 1 aromatic carbocycles. The van der Waals surface area contributed by atoms with Crippen molar-refractivity contribution in [2.75, 3.05) is 56.2 Å². The van der Waals surface area contributed by atoms with Gasteiger partial charge in [0.25, 0.3) is 0 Å². The van der Waals surface area contributed by atoms with Gasteiger partial charge in [-0.1, -0.05) is 48.9 Å². The molecular formula is C29H38ClN7O4S. The maximum absolute atomic E-state index is 12.8. The van der Waals surface area contributed by atoms with Gasteiger partial charge in [-0.25, -0.2) is 13.4 Å². The Bertz CT molecular complexity index is 1530. The third-order valence-corrected chi connectivity index (χ3v) is 9.77. The van der Waals surface area contributed by atoms with Gasteiger partial charge in [-0.15, -0.1) is 10.2 Å². The minimum atomic E-state index is -3.71. The lowest BCUT2D eigenvalue weighted by Gasteiger charge is -2.30. The zero-order valence-corrected chi connectivity index (χ0v) is 26.2. The smallest absolute Gasteiger partial charge is 0.249 e. The SMILES string of the molecule is C[C@@H]1CC1CN(CC(=O)N(C)C)c1cc(-c2nnc(C3NCCCC3c3ccccc3)o2)c(Cl)c(N(C)S(C)(=O)=O)n1. The molecule has 1 N–H and O–H groups in total. The highest BCUT2D eigenvalue weighted by Gasteiger charge is 2.36. The van der Waals surface area contributed by atoms with Crippen LogP contribution in [-0.4, -0.2) is 81.4 Å². The fourth-order valence-corrected chi connectivity index (χ4v) is 6.14. The first-order chi connectivity index (χ1) is 19.9. The lowest BCUT2D eigenvalue weighted by molar-refractivity contribution is -0.127. The second-order valence-electron chi connectivity index (χ2n) is 11.6. The Morgan fingerprint density at radius 3 is 2.52 bits per heavy atom. The molecule has 2 aliphatic rings. The first-order valence-electron chi connectivity index (χ1n) is 14.2. The van der Waals surface area contributed by atoms with E-state index in [4.69, 9.17) is 16.0 Å². The molecule has 226 valence electrons. The minimum absolute atomic E-state index is 0.0236. The lowest BCUT2D eigenvalue weighted by Crippen LogP contribution is -2.38. The first-order valence-corrected chi connectivity index (χ1v) is 16.4. The van der Waals surface area contributed by atoms with Crippen molar-refractivity contribution in [1.82, 2.24) is 25.4 Å². The van der Waals surface area contributed by atoms with Gasteiger partial charge in [0.2, 0.25) is 27.7 Å². The van der Waals surface area contributed by atoms with Crippen LogP contribution in [0.2, 0.25) is 5.02 Å². The lowest BCUT2D eigenvalue weighted by atomic mass is 9.85. The monoisotopic (exact) mass is 615 g/mol. The molecule has 42 heavy (non-hydrogen) atoms. The molecule has 0 bridgehead atoms. The molecule has 4 atom stereocenters. The largest absolute Gasteiger partial charge is 0.419 e. The van der Waals surface area contributed by atoms with Crippen molar-refractivity contribution in [3.8, 4) is 11.5 Å². The summed E-state index contributed by atoms with van der Waals surface area (Å²) in [6.07, 6.45) is 4.13. The van der Waals surface area contributed by atoms with E-state index in [1.807, 2.05) is 23.1 Å². The summed E-state index contributed by atoms with van der Waals surface area (Å²) in [6.45, 7) is 3.66. The number of nitrogens with one attached hydrogen (secondary N) is 1. The molecule has 1 aliphatic carbocycles. The molecule has 0 spiro atoms. The van der Waals surface area contributed by atoms with E-state index in [1.54, 1.807) is 20.2 Å². The third kappa shape index (κ3) is 6.55. The van der Waals surface area contributed by atoms with Gasteiger partial charge in [0.05, 0.1) is 29.4 Å². The fourth-order valence-electron chi connectivity index (χ4n) is 5.34. The molecule has 5 rings (SSSR count). The number of amides is 1. The zero-order chi connectivity index (χ0) is 30.2. The Morgan fingerprint density at radius 2 is 1.88 bits per heavy atom. The van der Waals surface area contributed by atoms with E-state index in [0.717, 1.165) is 36.4 Å². The number of anilines is 2. The summed E-state index contributed by atoms with van der Waals surface area (Å²) in [5.74, 6) is 2.00. The molecule has 2 aromatic heterocycles. The maximum Gasteiger partial charge on any atom is 0.249 e. The molecular weight excluding hydrogens is 578 g/mol. The number of rotatable bonds is 10. The Kier molecular flexibility index (Phi) is 8.77. The number of pyridine rings is 1. The number of hydrogen-bond acceptors (Lipinski definition) is 9. The first kappa shape index (κ1) is 30.2. The van der Waals surface area contributed by atoms with E-state index in [1.165, 1.54) is 17.5 Å². The zero-order valence-electron chi connectivity index (χ0n) is 24.6. The van der Waals surface area contributed by atoms with Crippen molar-refractivity contribution in [2.45, 2.75) is 38.1 Å². The average molecular weight is 616 g/mol. The molecule has 2 fully saturated rings. The summed E-state index contributed by atoms with van der Waals surface area (Å²) >= 11 is 6.83. The van der Waals surface area contributed by atoms with Gasteiger partial charge in [-0.2, -0.15) is 0 Å². The minimum Gasteiger partial charge on any atom is -0.419 e. The van der Waals surface area contributed by atoms with Crippen LogP contribution in [0.3, 0.4) is 0 Å². The predicted molar refractivity (Wildman–Crippen MR) is 163 cm³/mol. The van der Waals surface area contributed by atoms with Crippen molar-refractivity contribution in [3.05, 3.63) is 52.9 Å². The van der Waals surface area contributed by atoms with Crippen LogP contribution in [0.1, 0.15) is 49.6 Å². The number of hydrogen-bond donors (Lipinski definition) is 1. The number of sulfonamides is 1. The van der Waals surface area contributed by atoms with Crippen LogP contribution in [0, 0.1) is 11.8 Å². The normalized spacial score (nSPS) is 22.0. The summed E-state index contributed by atoms with van der Waals surface area (Å²) < 4.78 is 32.5. The van der Waals surface area contributed by atoms with Crippen molar-refractivity contribution in [1.29, 1.82) is 0 Å². The van der Waals surface area contributed by atoms with Crippen molar-refractivity contribution >= 4 is 39.2 Å². The number of nitrogens with zero attached hydrogens (tertiary/aromatic N) is 6. The third-order valence-electron chi connectivity index (χ3n) is 8.23. The molecule has 1 saturated carbocycles. The summed E-state index contributed by atoms with van der Waals surface area (Å²) in [5, 5.41) is 12.4. The number of benzene rings is 1. The van der Waals surface area contributed by atoms with Crippen LogP contribution in [0.5, 0.6) is 0 Å². The van der Waals surface area contributed by atoms with Gasteiger partial charge in [0, 0.05) is 33.6 Å². The van der Waals surface area contributed by atoms with Crippen LogP contribution in [0.4, 0.5) is 11.6 Å². The van der Waals surface area contributed by atoms with E-state index in [2.05, 4.69) is 39.6 Å². The summed E-state index contributed by atoms with van der Waals surface area (Å²) in [4.78, 5) is 20.9. The standard InChI is InChI=1S/C29H38ClN7O4S/c1-18-14-20(18)16-37(17-24(38)35(2)3)23-15-22(25(30)27(32-23)36(4)42(5,39)40)28-33-34-29(41-28)26-21(12-9-13-31-26)19-10-7-6-8-11-19/h6-8,10-11,15,18,20-21,26,31H,9,12-14,16-17H2,1-5H3/t18-,20?,21?,26?/m1/s1. The molecule has 1 saturated heterocycles. The van der Waals surface area contributed by atoms with Gasteiger partial charge >= 0.3 is 0 Å². The Labute approximate surface area is 252 Å². The van der Waals surface area contributed by atoms with Crippen molar-refractivity contribution in [2.24, 2.45) is 11.8 Å². The van der Waals surface area contributed by atoms with Gasteiger partial charge in [-0.3, -0.25) is 9.10 Å². The molecule has 3 aromatic rings. The van der Waals surface area contributed by atoms with Crippen LogP contribution < -0.4 is 14.5 Å². The molecule has 3 heterocycles. The van der Waals surface area contributed by atoms with E-state index in [-0.39, 0.29) is 41.1 Å². The number of likely N-dealkylation sites (N-methyl/N-ethyl adjacent to an activating group) is 1. The molecule has 3 unspecified atom stereocenters. The highest BCUT2D eigenvalue weighted by molar-refractivity contribution is 7.92. The maximum atomic E-state index is 12.8. The Morgan fingerprint density at radius 1 is 1.17 bits per heavy atom. The quantitative estimate of drug-likeness (QED) is 0.361. The van der Waals surface area contributed by atoms with E-state index < -0.39 is 10.0 Å². The fraction of sp³-hybridized carbons (Fsp3) is 0.517. The second kappa shape index (κ2) is 12.2. The Hall–Kier alpha value is -3.22. The molecule has 1 amide bonds. The van der Waals surface area contributed by atoms with E-state index >= 15 is 0 Å². The molecule has 13 heteroatoms. The van der Waals surface area contributed by atoms with E-state index in [9.17, 15) is 13.2 Å². The summed E-state index contributed by atoms with van der Waals surface area (Å²) in [5.41, 5.74) is 1.54. The predicted octanol–water partition coefficient (Wildman–Crippen LogP) is 3.94.